The van der Waals surface area contributed by atoms with E-state index in [-0.39, 0.29) is 4.90 Å². The van der Waals surface area contributed by atoms with Crippen LogP contribution in [0.15, 0.2) is 59.5 Å². The number of sulfonamides is 1. The Hall–Kier alpha value is -2.38. The molecule has 0 bridgehead atoms. The molecule has 25 heavy (non-hydrogen) atoms. The number of hydrogen-bond acceptors (Lipinski definition) is 4. The van der Waals surface area contributed by atoms with Gasteiger partial charge >= 0.3 is 6.09 Å². The van der Waals surface area contributed by atoms with Crippen molar-refractivity contribution in [3.05, 3.63) is 54.6 Å². The molecular weight excluding hydrogens is 340 g/mol. The van der Waals surface area contributed by atoms with E-state index in [2.05, 4.69) is 5.32 Å². The van der Waals surface area contributed by atoms with E-state index in [1.54, 1.807) is 36.4 Å². The van der Waals surface area contributed by atoms with E-state index in [1.165, 1.54) is 16.4 Å². The number of carbonyl (C=O) groups excluding carboxylic acids is 1. The average Bonchev–Trinajstić information content (AvgIpc) is 2.63. The van der Waals surface area contributed by atoms with Gasteiger partial charge in [-0.1, -0.05) is 24.6 Å². The molecule has 0 spiro atoms. The molecule has 6 nitrogen and oxygen atoms in total. The fourth-order valence-corrected chi connectivity index (χ4v) is 4.22. The number of amides is 1. The molecular formula is C18H20N2O4S. The van der Waals surface area contributed by atoms with Crippen molar-refractivity contribution in [2.45, 2.75) is 24.2 Å². The summed E-state index contributed by atoms with van der Waals surface area (Å²) in [5.41, 5.74) is 0.471. The van der Waals surface area contributed by atoms with E-state index >= 15 is 0 Å². The molecule has 0 atom stereocenters. The largest absolute Gasteiger partial charge is 0.417 e. The van der Waals surface area contributed by atoms with Crippen LogP contribution in [0, 0.1) is 0 Å². The summed E-state index contributed by atoms with van der Waals surface area (Å²) in [4.78, 5) is 12.1. The van der Waals surface area contributed by atoms with Gasteiger partial charge in [0, 0.05) is 18.8 Å². The minimum Gasteiger partial charge on any atom is -0.410 e. The van der Waals surface area contributed by atoms with Crippen LogP contribution in [0.5, 0.6) is 5.75 Å². The summed E-state index contributed by atoms with van der Waals surface area (Å²) in [7, 11) is -3.47. The lowest BCUT2D eigenvalue weighted by Gasteiger charge is -2.25. The normalized spacial score (nSPS) is 15.5. The van der Waals surface area contributed by atoms with Gasteiger partial charge in [0.2, 0.25) is 10.0 Å². The van der Waals surface area contributed by atoms with Crippen LogP contribution in [0.25, 0.3) is 0 Å². The molecule has 0 aromatic heterocycles. The fourth-order valence-electron chi connectivity index (χ4n) is 2.70. The van der Waals surface area contributed by atoms with Gasteiger partial charge in [0.25, 0.3) is 0 Å². The third kappa shape index (κ3) is 4.37. The van der Waals surface area contributed by atoms with Crippen LogP contribution in [0.1, 0.15) is 19.3 Å². The highest BCUT2D eigenvalue weighted by Gasteiger charge is 2.25. The van der Waals surface area contributed by atoms with Crippen molar-refractivity contribution in [1.82, 2.24) is 4.31 Å². The standard InChI is InChI=1S/C18H20N2O4S/c21-18(24-16-7-3-1-4-8-16)19-15-9-11-17(12-10-15)25(22,23)20-13-5-2-6-14-20/h1,3-4,7-12H,2,5-6,13-14H2,(H,19,21). The zero-order valence-corrected chi connectivity index (χ0v) is 14.5. The summed E-state index contributed by atoms with van der Waals surface area (Å²) in [5.74, 6) is 0.435. The quantitative estimate of drug-likeness (QED) is 0.906. The van der Waals surface area contributed by atoms with Crippen molar-refractivity contribution in [3.63, 3.8) is 0 Å². The van der Waals surface area contributed by atoms with E-state index < -0.39 is 16.1 Å². The van der Waals surface area contributed by atoms with Gasteiger partial charge in [0.15, 0.2) is 0 Å². The molecule has 0 aliphatic carbocycles. The predicted molar refractivity (Wildman–Crippen MR) is 95.1 cm³/mol. The Labute approximate surface area is 147 Å². The van der Waals surface area contributed by atoms with Crippen LogP contribution in [0.2, 0.25) is 0 Å². The van der Waals surface area contributed by atoms with Crippen molar-refractivity contribution >= 4 is 21.8 Å². The van der Waals surface area contributed by atoms with Crippen molar-refractivity contribution in [2.75, 3.05) is 18.4 Å². The first kappa shape index (κ1) is 17.4. The number of piperidine rings is 1. The fraction of sp³-hybridized carbons (Fsp3) is 0.278. The molecule has 1 amide bonds. The van der Waals surface area contributed by atoms with Crippen LogP contribution in [0.3, 0.4) is 0 Å². The summed E-state index contributed by atoms with van der Waals surface area (Å²) in [6.45, 7) is 1.12. The lowest BCUT2D eigenvalue weighted by molar-refractivity contribution is 0.215. The number of anilines is 1. The second-order valence-corrected chi connectivity index (χ2v) is 7.75. The maximum absolute atomic E-state index is 12.6. The Morgan fingerprint density at radius 2 is 1.56 bits per heavy atom. The van der Waals surface area contributed by atoms with Crippen LogP contribution < -0.4 is 10.1 Å². The molecule has 0 radical (unpaired) electrons. The Kier molecular flexibility index (Phi) is 5.35. The lowest BCUT2D eigenvalue weighted by atomic mass is 10.2. The molecule has 2 aromatic rings. The monoisotopic (exact) mass is 360 g/mol. The smallest absolute Gasteiger partial charge is 0.410 e. The Morgan fingerprint density at radius 3 is 2.20 bits per heavy atom. The van der Waals surface area contributed by atoms with Crippen LogP contribution in [-0.4, -0.2) is 31.9 Å². The van der Waals surface area contributed by atoms with Crippen molar-refractivity contribution in [1.29, 1.82) is 0 Å². The number of hydrogen-bond donors (Lipinski definition) is 1. The number of carbonyl (C=O) groups is 1. The van der Waals surface area contributed by atoms with Crippen LogP contribution in [0.4, 0.5) is 10.5 Å². The number of nitrogens with zero attached hydrogens (tertiary/aromatic N) is 1. The summed E-state index contributed by atoms with van der Waals surface area (Å²) in [6.07, 6.45) is 2.23. The van der Waals surface area contributed by atoms with Gasteiger partial charge in [-0.3, -0.25) is 5.32 Å². The molecule has 1 N–H and O–H groups in total. The minimum atomic E-state index is -3.47. The lowest BCUT2D eigenvalue weighted by Crippen LogP contribution is -2.35. The van der Waals surface area contributed by atoms with Crippen LogP contribution in [-0.2, 0) is 10.0 Å². The number of benzene rings is 2. The molecule has 132 valence electrons. The Morgan fingerprint density at radius 1 is 0.920 bits per heavy atom. The first-order chi connectivity index (χ1) is 12.1. The number of ether oxygens (including phenoxy) is 1. The van der Waals surface area contributed by atoms with E-state index in [1.807, 2.05) is 6.07 Å². The van der Waals surface area contributed by atoms with Gasteiger partial charge in [-0.15, -0.1) is 0 Å². The summed E-state index contributed by atoms with van der Waals surface area (Å²) >= 11 is 0. The highest BCUT2D eigenvalue weighted by molar-refractivity contribution is 7.89. The second-order valence-electron chi connectivity index (χ2n) is 5.82. The Balaban J connectivity index is 1.64. The summed E-state index contributed by atoms with van der Waals surface area (Å²) < 4.78 is 31.8. The molecule has 1 aliphatic rings. The van der Waals surface area contributed by atoms with E-state index in [0.29, 0.717) is 24.5 Å². The van der Waals surface area contributed by atoms with E-state index in [4.69, 9.17) is 4.74 Å². The molecule has 2 aromatic carbocycles. The Bertz CT molecular complexity index is 814. The van der Waals surface area contributed by atoms with Gasteiger partial charge in [-0.05, 0) is 49.2 Å². The minimum absolute atomic E-state index is 0.233. The van der Waals surface area contributed by atoms with Crippen molar-refractivity contribution in [2.24, 2.45) is 0 Å². The molecule has 1 heterocycles. The van der Waals surface area contributed by atoms with Gasteiger partial charge in [0.05, 0.1) is 4.90 Å². The van der Waals surface area contributed by atoms with Crippen LogP contribution >= 0.6 is 0 Å². The topological polar surface area (TPSA) is 75.7 Å². The van der Waals surface area contributed by atoms with Gasteiger partial charge in [0.1, 0.15) is 5.75 Å². The maximum atomic E-state index is 12.6. The third-order valence-corrected chi connectivity index (χ3v) is 5.92. The molecule has 3 rings (SSSR count). The molecule has 7 heteroatoms. The van der Waals surface area contributed by atoms with Gasteiger partial charge in [-0.25, -0.2) is 13.2 Å². The molecule has 1 aliphatic heterocycles. The zero-order valence-electron chi connectivity index (χ0n) is 13.7. The second kappa shape index (κ2) is 7.67. The highest BCUT2D eigenvalue weighted by Crippen LogP contribution is 2.22. The van der Waals surface area contributed by atoms with Gasteiger partial charge in [-0.2, -0.15) is 4.31 Å². The SMILES string of the molecule is O=C(Nc1ccc(S(=O)(=O)N2CCCCC2)cc1)Oc1ccccc1. The zero-order chi connectivity index (χ0) is 17.7. The maximum Gasteiger partial charge on any atom is 0.417 e. The van der Waals surface area contributed by atoms with Gasteiger partial charge < -0.3 is 4.74 Å². The predicted octanol–water partition coefficient (Wildman–Crippen LogP) is 3.47. The molecule has 0 unspecified atom stereocenters. The number of para-hydroxylation sites is 1. The van der Waals surface area contributed by atoms with E-state index in [9.17, 15) is 13.2 Å². The first-order valence-corrected chi connectivity index (χ1v) is 9.64. The van der Waals surface area contributed by atoms with Crippen molar-refractivity contribution in [3.8, 4) is 5.75 Å². The highest BCUT2D eigenvalue weighted by atomic mass is 32.2. The van der Waals surface area contributed by atoms with Crippen molar-refractivity contribution < 1.29 is 17.9 Å². The number of nitrogens with one attached hydrogen (secondary N) is 1. The van der Waals surface area contributed by atoms with E-state index in [0.717, 1.165) is 19.3 Å². The average molecular weight is 360 g/mol. The first-order valence-electron chi connectivity index (χ1n) is 8.20. The summed E-state index contributed by atoms with van der Waals surface area (Å²) in [6, 6.07) is 14.8. The summed E-state index contributed by atoms with van der Waals surface area (Å²) in [5, 5.41) is 2.58. The number of rotatable bonds is 4. The third-order valence-electron chi connectivity index (χ3n) is 4.01. The molecule has 1 fully saturated rings. The molecule has 1 saturated heterocycles. The molecule has 0 saturated carbocycles.